The van der Waals surface area contributed by atoms with Gasteiger partial charge in [0, 0.05) is 23.3 Å². The molecule has 0 bridgehead atoms. The zero-order valence-electron chi connectivity index (χ0n) is 9.71. The van der Waals surface area contributed by atoms with Gasteiger partial charge in [-0.3, -0.25) is 4.79 Å². The van der Waals surface area contributed by atoms with Crippen LogP contribution in [0.3, 0.4) is 0 Å². The number of hydrogen-bond donors (Lipinski definition) is 0. The van der Waals surface area contributed by atoms with E-state index in [1.165, 1.54) is 32.1 Å². The lowest BCUT2D eigenvalue weighted by Gasteiger charge is -2.31. The average Bonchev–Trinajstić information content (AvgIpc) is 2.71. The molecule has 2 aliphatic carbocycles. The van der Waals surface area contributed by atoms with E-state index in [-0.39, 0.29) is 0 Å². The molecule has 2 unspecified atom stereocenters. The second-order valence-electron chi connectivity index (χ2n) is 5.03. The van der Waals surface area contributed by atoms with E-state index in [9.17, 15) is 4.79 Å². The van der Waals surface area contributed by atoms with Gasteiger partial charge in [-0.1, -0.05) is 26.2 Å². The van der Waals surface area contributed by atoms with Crippen molar-refractivity contribution >= 4 is 17.5 Å². The zero-order valence-corrected chi connectivity index (χ0v) is 10.5. The first-order valence-corrected chi connectivity index (χ1v) is 7.41. The van der Waals surface area contributed by atoms with E-state index in [1.54, 1.807) is 0 Å². The smallest absolute Gasteiger partial charge is 0.134 e. The van der Waals surface area contributed by atoms with Gasteiger partial charge in [-0.25, -0.2) is 0 Å². The summed E-state index contributed by atoms with van der Waals surface area (Å²) in [5.41, 5.74) is 0. The molecule has 0 saturated heterocycles. The van der Waals surface area contributed by atoms with E-state index in [4.69, 9.17) is 0 Å². The van der Waals surface area contributed by atoms with Crippen LogP contribution in [0.4, 0.5) is 0 Å². The number of carbonyl (C=O) groups is 1. The van der Waals surface area contributed by atoms with Crippen molar-refractivity contribution in [3.63, 3.8) is 0 Å². The molecule has 2 aliphatic rings. The fourth-order valence-electron chi connectivity index (χ4n) is 2.92. The van der Waals surface area contributed by atoms with Crippen LogP contribution in [0.2, 0.25) is 0 Å². The second-order valence-corrected chi connectivity index (χ2v) is 6.58. The van der Waals surface area contributed by atoms with Gasteiger partial charge in [-0.15, -0.1) is 0 Å². The van der Waals surface area contributed by atoms with Crippen molar-refractivity contribution in [2.45, 2.75) is 68.8 Å². The molecule has 0 amide bonds. The van der Waals surface area contributed by atoms with Gasteiger partial charge in [0.25, 0.3) is 0 Å². The summed E-state index contributed by atoms with van der Waals surface area (Å²) < 4.78 is 0. The fourth-order valence-corrected chi connectivity index (χ4v) is 4.86. The first-order valence-electron chi connectivity index (χ1n) is 6.46. The van der Waals surface area contributed by atoms with Gasteiger partial charge >= 0.3 is 0 Å². The highest BCUT2D eigenvalue weighted by atomic mass is 32.2. The van der Waals surface area contributed by atoms with Gasteiger partial charge in [0.05, 0.1) is 0 Å². The van der Waals surface area contributed by atoms with Crippen molar-refractivity contribution in [2.75, 3.05) is 0 Å². The molecular formula is C13H22OS. The van der Waals surface area contributed by atoms with E-state index in [0.29, 0.717) is 11.0 Å². The van der Waals surface area contributed by atoms with Gasteiger partial charge in [0.2, 0.25) is 0 Å². The summed E-state index contributed by atoms with van der Waals surface area (Å²) in [5, 5.41) is 1.52. The molecular weight excluding hydrogens is 204 g/mol. The maximum absolute atomic E-state index is 11.5. The first kappa shape index (κ1) is 11.5. The largest absolute Gasteiger partial charge is 0.300 e. The Balaban J connectivity index is 1.88. The molecule has 0 aromatic carbocycles. The van der Waals surface area contributed by atoms with Crippen LogP contribution >= 0.6 is 11.8 Å². The maximum Gasteiger partial charge on any atom is 0.134 e. The number of Topliss-reactive ketones (excluding diaryl/α,β-unsaturated/α-hetero) is 1. The van der Waals surface area contributed by atoms with E-state index in [2.05, 4.69) is 18.7 Å². The molecule has 2 heteroatoms. The van der Waals surface area contributed by atoms with Gasteiger partial charge in [-0.05, 0) is 25.2 Å². The summed E-state index contributed by atoms with van der Waals surface area (Å²) in [5.74, 6) is 1.32. The lowest BCUT2D eigenvalue weighted by atomic mass is 9.86. The summed E-state index contributed by atoms with van der Waals surface area (Å²) in [7, 11) is 0. The highest BCUT2D eigenvalue weighted by molar-refractivity contribution is 8.00. The molecule has 0 heterocycles. The Bertz CT molecular complexity index is 221. The SMILES string of the molecule is CCC1CCC(=O)CC1SC1CCCC1. The third-order valence-corrected chi connectivity index (χ3v) is 5.70. The van der Waals surface area contributed by atoms with E-state index in [0.717, 1.165) is 30.4 Å². The topological polar surface area (TPSA) is 17.1 Å². The molecule has 2 saturated carbocycles. The molecule has 86 valence electrons. The second kappa shape index (κ2) is 5.38. The Morgan fingerprint density at radius 2 is 2.00 bits per heavy atom. The average molecular weight is 226 g/mol. The molecule has 2 atom stereocenters. The van der Waals surface area contributed by atoms with Gasteiger partial charge in [0.15, 0.2) is 0 Å². The van der Waals surface area contributed by atoms with Crippen LogP contribution < -0.4 is 0 Å². The summed E-state index contributed by atoms with van der Waals surface area (Å²) in [4.78, 5) is 11.5. The normalized spacial score (nSPS) is 33.5. The molecule has 1 nitrogen and oxygen atoms in total. The van der Waals surface area contributed by atoms with E-state index in [1.807, 2.05) is 0 Å². The summed E-state index contributed by atoms with van der Waals surface area (Å²) in [6.07, 6.45) is 9.74. The van der Waals surface area contributed by atoms with Crippen LogP contribution in [0.15, 0.2) is 0 Å². The Morgan fingerprint density at radius 3 is 2.67 bits per heavy atom. The standard InChI is InChI=1S/C13H22OS/c1-2-10-7-8-11(14)9-13(10)15-12-5-3-4-6-12/h10,12-13H,2-9H2,1H3. The van der Waals surface area contributed by atoms with Crippen molar-refractivity contribution in [3.05, 3.63) is 0 Å². The van der Waals surface area contributed by atoms with Crippen LogP contribution in [0.5, 0.6) is 0 Å². The Hall–Kier alpha value is 0.0200. The third kappa shape index (κ3) is 2.99. The molecule has 0 aliphatic heterocycles. The Kier molecular flexibility index (Phi) is 4.13. The fraction of sp³-hybridized carbons (Fsp3) is 0.923. The van der Waals surface area contributed by atoms with Crippen molar-refractivity contribution in [1.82, 2.24) is 0 Å². The summed E-state index contributed by atoms with van der Waals surface area (Å²) >= 11 is 2.14. The predicted octanol–water partition coefficient (Wildman–Crippen LogP) is 3.81. The van der Waals surface area contributed by atoms with E-state index >= 15 is 0 Å². The summed E-state index contributed by atoms with van der Waals surface area (Å²) in [6, 6.07) is 0. The van der Waals surface area contributed by atoms with Crippen LogP contribution in [-0.2, 0) is 4.79 Å². The van der Waals surface area contributed by atoms with Crippen molar-refractivity contribution in [1.29, 1.82) is 0 Å². The molecule has 15 heavy (non-hydrogen) atoms. The summed E-state index contributed by atoms with van der Waals surface area (Å²) in [6.45, 7) is 2.28. The molecule has 0 N–H and O–H groups in total. The highest BCUT2D eigenvalue weighted by Crippen LogP contribution is 2.40. The van der Waals surface area contributed by atoms with Gasteiger partial charge < -0.3 is 0 Å². The van der Waals surface area contributed by atoms with Crippen molar-refractivity contribution < 1.29 is 4.79 Å². The Morgan fingerprint density at radius 1 is 1.27 bits per heavy atom. The first-order chi connectivity index (χ1) is 7.29. The van der Waals surface area contributed by atoms with Crippen molar-refractivity contribution in [2.24, 2.45) is 5.92 Å². The number of rotatable bonds is 3. The minimum absolute atomic E-state index is 0.509. The number of carbonyl (C=O) groups excluding carboxylic acids is 1. The molecule has 0 radical (unpaired) electrons. The highest BCUT2D eigenvalue weighted by Gasteiger charge is 2.31. The van der Waals surface area contributed by atoms with Crippen LogP contribution in [0.1, 0.15) is 58.3 Å². The van der Waals surface area contributed by atoms with Gasteiger partial charge in [-0.2, -0.15) is 11.8 Å². The molecule has 0 spiro atoms. The van der Waals surface area contributed by atoms with E-state index < -0.39 is 0 Å². The zero-order chi connectivity index (χ0) is 10.7. The van der Waals surface area contributed by atoms with Crippen LogP contribution in [0.25, 0.3) is 0 Å². The van der Waals surface area contributed by atoms with Crippen LogP contribution in [0, 0.1) is 5.92 Å². The minimum Gasteiger partial charge on any atom is -0.300 e. The predicted molar refractivity (Wildman–Crippen MR) is 66.3 cm³/mol. The minimum atomic E-state index is 0.509. The number of ketones is 1. The number of hydrogen-bond acceptors (Lipinski definition) is 2. The molecule has 0 aromatic rings. The Labute approximate surface area is 97.4 Å². The third-order valence-electron chi connectivity index (χ3n) is 3.94. The molecule has 0 aromatic heterocycles. The number of thioether (sulfide) groups is 1. The van der Waals surface area contributed by atoms with Crippen LogP contribution in [-0.4, -0.2) is 16.3 Å². The lowest BCUT2D eigenvalue weighted by molar-refractivity contribution is -0.120. The lowest BCUT2D eigenvalue weighted by Crippen LogP contribution is -2.28. The van der Waals surface area contributed by atoms with Crippen molar-refractivity contribution in [3.8, 4) is 0 Å². The monoisotopic (exact) mass is 226 g/mol. The van der Waals surface area contributed by atoms with Gasteiger partial charge in [0.1, 0.15) is 5.78 Å². The molecule has 2 rings (SSSR count). The maximum atomic E-state index is 11.5. The molecule has 2 fully saturated rings. The quantitative estimate of drug-likeness (QED) is 0.728.